The molecule has 1 saturated heterocycles. The summed E-state index contributed by atoms with van der Waals surface area (Å²) in [6.45, 7) is 11.8. The number of likely N-dealkylation sites (tertiary alicyclic amines) is 1. The van der Waals surface area contributed by atoms with Gasteiger partial charge in [-0.25, -0.2) is 0 Å². The lowest BCUT2D eigenvalue weighted by atomic mass is 10.4. The summed E-state index contributed by atoms with van der Waals surface area (Å²) in [6.07, 6.45) is 4.69. The molecule has 1 aliphatic heterocycles. The van der Waals surface area contributed by atoms with Crippen molar-refractivity contribution in [2.75, 3.05) is 52.9 Å². The summed E-state index contributed by atoms with van der Waals surface area (Å²) in [7, 11) is 2.20. The summed E-state index contributed by atoms with van der Waals surface area (Å²) in [4.78, 5) is 4.96. The molecule has 0 saturated carbocycles. The van der Waals surface area contributed by atoms with Crippen molar-refractivity contribution in [3.63, 3.8) is 0 Å². The molecule has 1 heterocycles. The third-order valence-electron chi connectivity index (χ3n) is 2.96. The van der Waals surface area contributed by atoms with Crippen molar-refractivity contribution in [3.05, 3.63) is 12.7 Å². The van der Waals surface area contributed by atoms with Crippen LogP contribution in [0.2, 0.25) is 0 Å². The fourth-order valence-electron chi connectivity index (χ4n) is 1.90. The zero-order valence-electron chi connectivity index (χ0n) is 10.0. The third-order valence-corrected chi connectivity index (χ3v) is 2.96. The highest BCUT2D eigenvalue weighted by Crippen LogP contribution is 2.06. The zero-order chi connectivity index (χ0) is 10.9. The van der Waals surface area contributed by atoms with Crippen LogP contribution in [0.1, 0.15) is 12.8 Å². The quantitative estimate of drug-likeness (QED) is 0.473. The first-order chi connectivity index (χ1) is 7.33. The van der Waals surface area contributed by atoms with Crippen LogP contribution >= 0.6 is 0 Å². The van der Waals surface area contributed by atoms with Crippen LogP contribution in [0, 0.1) is 0 Å². The van der Waals surface area contributed by atoms with Crippen molar-refractivity contribution in [1.82, 2.24) is 15.1 Å². The van der Waals surface area contributed by atoms with E-state index in [4.69, 9.17) is 0 Å². The topological polar surface area (TPSA) is 18.5 Å². The average molecular weight is 211 g/mol. The Morgan fingerprint density at radius 1 is 1.33 bits per heavy atom. The molecule has 0 aromatic rings. The third kappa shape index (κ3) is 5.92. The van der Waals surface area contributed by atoms with Gasteiger partial charge in [0.05, 0.1) is 0 Å². The Morgan fingerprint density at radius 2 is 2.07 bits per heavy atom. The number of hydrogen-bond acceptors (Lipinski definition) is 3. The van der Waals surface area contributed by atoms with E-state index in [1.807, 2.05) is 6.08 Å². The smallest absolute Gasteiger partial charge is 0.0132 e. The lowest BCUT2D eigenvalue weighted by molar-refractivity contribution is 0.257. The van der Waals surface area contributed by atoms with Gasteiger partial charge in [0.2, 0.25) is 0 Å². The van der Waals surface area contributed by atoms with E-state index >= 15 is 0 Å². The van der Waals surface area contributed by atoms with E-state index in [9.17, 15) is 0 Å². The summed E-state index contributed by atoms with van der Waals surface area (Å²) in [5, 5.41) is 3.32. The minimum atomic E-state index is 0.917. The number of nitrogens with one attached hydrogen (secondary N) is 1. The van der Waals surface area contributed by atoms with Gasteiger partial charge >= 0.3 is 0 Å². The monoisotopic (exact) mass is 211 g/mol. The second-order valence-electron chi connectivity index (χ2n) is 4.34. The van der Waals surface area contributed by atoms with Gasteiger partial charge in [0, 0.05) is 32.7 Å². The Bertz CT molecular complexity index is 164. The molecule has 3 nitrogen and oxygen atoms in total. The molecule has 1 aliphatic rings. The predicted molar refractivity (Wildman–Crippen MR) is 66.2 cm³/mol. The number of likely N-dealkylation sites (N-methyl/N-ethyl adjacent to an activating group) is 1. The molecule has 0 unspecified atom stereocenters. The Labute approximate surface area is 94.1 Å². The second kappa shape index (κ2) is 7.85. The maximum Gasteiger partial charge on any atom is 0.0132 e. The highest BCUT2D eigenvalue weighted by molar-refractivity contribution is 4.71. The van der Waals surface area contributed by atoms with Crippen molar-refractivity contribution >= 4 is 0 Å². The minimum absolute atomic E-state index is 0.917. The van der Waals surface area contributed by atoms with Crippen molar-refractivity contribution in [1.29, 1.82) is 0 Å². The van der Waals surface area contributed by atoms with Gasteiger partial charge in [-0.1, -0.05) is 6.08 Å². The molecule has 1 fully saturated rings. The fraction of sp³-hybridized carbons (Fsp3) is 0.833. The van der Waals surface area contributed by atoms with Gasteiger partial charge in [-0.2, -0.15) is 0 Å². The minimum Gasteiger partial charge on any atom is -0.312 e. The van der Waals surface area contributed by atoms with E-state index in [1.54, 1.807) is 0 Å². The SMILES string of the molecule is C=CCNCCN(C)CCN1CCCC1. The van der Waals surface area contributed by atoms with E-state index in [0.717, 1.165) is 19.6 Å². The first-order valence-electron chi connectivity index (χ1n) is 6.05. The first kappa shape index (κ1) is 12.7. The van der Waals surface area contributed by atoms with E-state index < -0.39 is 0 Å². The van der Waals surface area contributed by atoms with Crippen LogP contribution in [0.25, 0.3) is 0 Å². The van der Waals surface area contributed by atoms with Crippen LogP contribution in [0.3, 0.4) is 0 Å². The molecule has 0 radical (unpaired) electrons. The van der Waals surface area contributed by atoms with E-state index in [1.165, 1.54) is 39.0 Å². The largest absolute Gasteiger partial charge is 0.312 e. The standard InChI is InChI=1S/C12H25N3/c1-3-6-13-7-10-14(2)11-12-15-8-4-5-9-15/h3,13H,1,4-12H2,2H3. The molecule has 1 N–H and O–H groups in total. The predicted octanol–water partition coefficient (Wildman–Crippen LogP) is 0.790. The molecule has 0 amide bonds. The molecule has 88 valence electrons. The fourth-order valence-corrected chi connectivity index (χ4v) is 1.90. The van der Waals surface area contributed by atoms with E-state index in [2.05, 4.69) is 28.7 Å². The van der Waals surface area contributed by atoms with E-state index in [-0.39, 0.29) is 0 Å². The summed E-state index contributed by atoms with van der Waals surface area (Å²) < 4.78 is 0. The maximum atomic E-state index is 3.68. The normalized spacial score (nSPS) is 17.5. The summed E-state index contributed by atoms with van der Waals surface area (Å²) in [6, 6.07) is 0. The van der Waals surface area contributed by atoms with Crippen molar-refractivity contribution in [3.8, 4) is 0 Å². The summed E-state index contributed by atoms with van der Waals surface area (Å²) >= 11 is 0. The summed E-state index contributed by atoms with van der Waals surface area (Å²) in [5.74, 6) is 0. The molecule has 0 bridgehead atoms. The van der Waals surface area contributed by atoms with Gasteiger partial charge in [0.1, 0.15) is 0 Å². The van der Waals surface area contributed by atoms with Crippen LogP contribution in [-0.2, 0) is 0 Å². The highest BCUT2D eigenvalue weighted by atomic mass is 15.2. The number of hydrogen-bond donors (Lipinski definition) is 1. The first-order valence-corrected chi connectivity index (χ1v) is 6.05. The van der Waals surface area contributed by atoms with Gasteiger partial charge in [-0.05, 0) is 33.0 Å². The Kier molecular flexibility index (Phi) is 6.64. The molecule has 15 heavy (non-hydrogen) atoms. The lowest BCUT2D eigenvalue weighted by Gasteiger charge is -2.21. The Morgan fingerprint density at radius 3 is 2.73 bits per heavy atom. The Hall–Kier alpha value is -0.380. The maximum absolute atomic E-state index is 3.68. The molecule has 0 atom stereocenters. The van der Waals surface area contributed by atoms with E-state index in [0.29, 0.717) is 0 Å². The van der Waals surface area contributed by atoms with Crippen molar-refractivity contribution < 1.29 is 0 Å². The molecule has 0 aliphatic carbocycles. The zero-order valence-corrected chi connectivity index (χ0v) is 10.0. The van der Waals surface area contributed by atoms with Gasteiger partial charge in [-0.15, -0.1) is 6.58 Å². The van der Waals surface area contributed by atoms with Crippen molar-refractivity contribution in [2.24, 2.45) is 0 Å². The lowest BCUT2D eigenvalue weighted by Crippen LogP contribution is -2.35. The van der Waals surface area contributed by atoms with Crippen LogP contribution in [0.15, 0.2) is 12.7 Å². The molecule has 0 aromatic heterocycles. The molecular formula is C12H25N3. The number of rotatable bonds is 8. The van der Waals surface area contributed by atoms with Crippen LogP contribution in [-0.4, -0.2) is 62.7 Å². The van der Waals surface area contributed by atoms with Crippen LogP contribution in [0.5, 0.6) is 0 Å². The highest BCUT2D eigenvalue weighted by Gasteiger charge is 2.11. The van der Waals surface area contributed by atoms with Gasteiger partial charge in [0.15, 0.2) is 0 Å². The summed E-state index contributed by atoms with van der Waals surface area (Å²) in [5.41, 5.74) is 0. The molecule has 0 spiro atoms. The molecule has 0 aromatic carbocycles. The van der Waals surface area contributed by atoms with Crippen molar-refractivity contribution in [2.45, 2.75) is 12.8 Å². The van der Waals surface area contributed by atoms with Gasteiger partial charge < -0.3 is 15.1 Å². The van der Waals surface area contributed by atoms with Gasteiger partial charge in [0.25, 0.3) is 0 Å². The average Bonchev–Trinajstić information content (AvgIpc) is 2.74. The Balaban J connectivity index is 1.92. The van der Waals surface area contributed by atoms with Crippen LogP contribution < -0.4 is 5.32 Å². The number of nitrogens with zero attached hydrogens (tertiary/aromatic N) is 2. The molecular weight excluding hydrogens is 186 g/mol. The van der Waals surface area contributed by atoms with Crippen LogP contribution in [0.4, 0.5) is 0 Å². The second-order valence-corrected chi connectivity index (χ2v) is 4.34. The van der Waals surface area contributed by atoms with Gasteiger partial charge in [-0.3, -0.25) is 0 Å². The molecule has 3 heteroatoms. The molecule has 1 rings (SSSR count).